The summed E-state index contributed by atoms with van der Waals surface area (Å²) in [6.45, 7) is 0. The van der Waals surface area contributed by atoms with Gasteiger partial charge in [0, 0.05) is 22.4 Å². The van der Waals surface area contributed by atoms with Crippen molar-refractivity contribution in [3.8, 4) is 5.75 Å². The van der Waals surface area contributed by atoms with E-state index in [1.54, 1.807) is 30.3 Å². The smallest absolute Gasteiger partial charge is 0.257 e. The van der Waals surface area contributed by atoms with E-state index in [1.807, 2.05) is 42.5 Å². The van der Waals surface area contributed by atoms with Crippen LogP contribution in [-0.4, -0.2) is 38.8 Å². The third-order valence-electron chi connectivity index (χ3n) is 9.65. The zero-order valence-electron chi connectivity index (χ0n) is 22.3. The number of hydroxylamine groups is 2. The minimum atomic E-state index is -1.41. The maximum absolute atomic E-state index is 14.8. The van der Waals surface area contributed by atoms with Crippen LogP contribution in [0.3, 0.4) is 0 Å². The lowest BCUT2D eigenvalue weighted by Crippen LogP contribution is -2.58. The fraction of sp³-hybridized carbons (Fsp3) is 0.235. The number of hydrogen-bond donors (Lipinski definition) is 2. The Kier molecular flexibility index (Phi) is 6.08. The fourth-order valence-electron chi connectivity index (χ4n) is 7.95. The number of amides is 2. The largest absolute Gasteiger partial charge is 0.508 e. The number of phenols is 1. The van der Waals surface area contributed by atoms with E-state index < -0.39 is 46.8 Å². The maximum Gasteiger partial charge on any atom is 0.257 e. The Morgan fingerprint density at radius 1 is 0.857 bits per heavy atom. The number of aromatic hydroxyl groups is 1. The van der Waals surface area contributed by atoms with E-state index in [4.69, 9.17) is 11.6 Å². The van der Waals surface area contributed by atoms with Crippen molar-refractivity contribution in [2.45, 2.75) is 24.2 Å². The Morgan fingerprint density at radius 3 is 2.24 bits per heavy atom. The number of carbonyl (C=O) groups excluding carboxylic acids is 4. The predicted molar refractivity (Wildman–Crippen MR) is 153 cm³/mol. The van der Waals surface area contributed by atoms with Crippen molar-refractivity contribution in [3.05, 3.63) is 118 Å². The van der Waals surface area contributed by atoms with E-state index in [-0.39, 0.29) is 40.2 Å². The Labute approximate surface area is 246 Å². The number of phenolic OH excluding ortho intramolecular Hbond substituents is 1. The molecular weight excluding hydrogens is 554 g/mol. The van der Waals surface area contributed by atoms with Crippen LogP contribution in [0.25, 0.3) is 5.57 Å². The first kappa shape index (κ1) is 26.6. The molecule has 3 aliphatic carbocycles. The molecule has 6 atom stereocenters. The number of fused-ring (bicyclic) bond motifs is 4. The molecule has 1 saturated carbocycles. The molecular formula is C34H26ClNO6. The molecule has 7 nitrogen and oxygen atoms in total. The van der Waals surface area contributed by atoms with Gasteiger partial charge < -0.3 is 5.11 Å². The van der Waals surface area contributed by atoms with Crippen molar-refractivity contribution in [1.82, 2.24) is 5.06 Å². The number of carbonyl (C=O) groups is 4. The number of halogens is 1. The Morgan fingerprint density at radius 2 is 1.55 bits per heavy atom. The molecule has 0 radical (unpaired) electrons. The van der Waals surface area contributed by atoms with Crippen LogP contribution in [0.5, 0.6) is 5.75 Å². The summed E-state index contributed by atoms with van der Waals surface area (Å²) in [5.41, 5.74) is 1.42. The fourth-order valence-corrected chi connectivity index (χ4v) is 8.24. The first-order valence-corrected chi connectivity index (χ1v) is 14.3. The van der Waals surface area contributed by atoms with Crippen molar-refractivity contribution < 1.29 is 29.5 Å². The molecule has 0 spiro atoms. The maximum atomic E-state index is 14.8. The second-order valence-corrected chi connectivity index (χ2v) is 11.9. The normalized spacial score (nSPS) is 30.3. The van der Waals surface area contributed by atoms with Gasteiger partial charge in [-0.2, -0.15) is 5.06 Å². The van der Waals surface area contributed by atoms with E-state index >= 15 is 0 Å². The summed E-state index contributed by atoms with van der Waals surface area (Å²) in [4.78, 5) is 55.6. The van der Waals surface area contributed by atoms with Crippen molar-refractivity contribution >= 4 is 40.6 Å². The number of hydrogen-bond acceptors (Lipinski definition) is 6. The lowest BCUT2D eigenvalue weighted by Gasteiger charge is -2.55. The highest BCUT2D eigenvalue weighted by Crippen LogP contribution is 2.64. The van der Waals surface area contributed by atoms with Gasteiger partial charge in [-0.15, -0.1) is 0 Å². The van der Waals surface area contributed by atoms with Gasteiger partial charge in [0.25, 0.3) is 11.8 Å². The van der Waals surface area contributed by atoms with Crippen LogP contribution >= 0.6 is 11.6 Å². The van der Waals surface area contributed by atoms with Gasteiger partial charge in [0.1, 0.15) is 5.75 Å². The molecule has 0 unspecified atom stereocenters. The van der Waals surface area contributed by atoms with Gasteiger partial charge in [-0.3, -0.25) is 24.4 Å². The number of imide groups is 1. The molecule has 2 N–H and O–H groups in total. The van der Waals surface area contributed by atoms with E-state index in [2.05, 4.69) is 0 Å². The molecule has 0 bridgehead atoms. The van der Waals surface area contributed by atoms with Crippen molar-refractivity contribution in [2.24, 2.45) is 23.7 Å². The van der Waals surface area contributed by atoms with Crippen LogP contribution in [-0.2, 0) is 24.6 Å². The molecule has 3 aromatic rings. The number of allylic oxidation sites excluding steroid dienone is 4. The predicted octanol–water partition coefficient (Wildman–Crippen LogP) is 5.26. The van der Waals surface area contributed by atoms with Gasteiger partial charge in [-0.1, -0.05) is 90.0 Å². The van der Waals surface area contributed by atoms with Gasteiger partial charge in [0.2, 0.25) is 0 Å². The van der Waals surface area contributed by atoms with Crippen molar-refractivity contribution in [3.63, 3.8) is 0 Å². The Balaban J connectivity index is 1.54. The molecule has 42 heavy (non-hydrogen) atoms. The third-order valence-corrected chi connectivity index (χ3v) is 9.97. The van der Waals surface area contributed by atoms with E-state index in [1.165, 1.54) is 18.2 Å². The van der Waals surface area contributed by atoms with Crippen LogP contribution < -0.4 is 0 Å². The molecule has 1 heterocycles. The highest BCUT2D eigenvalue weighted by molar-refractivity contribution is 6.33. The zero-order valence-corrected chi connectivity index (χ0v) is 23.1. The average molecular weight is 580 g/mol. The number of rotatable bonds is 3. The van der Waals surface area contributed by atoms with E-state index in [0.29, 0.717) is 22.3 Å². The lowest BCUT2D eigenvalue weighted by molar-refractivity contribution is -0.173. The summed E-state index contributed by atoms with van der Waals surface area (Å²) in [5.74, 6) is -5.80. The standard InChI is InChI=1S/C34H26ClNO6/c35-27-15-20(37)11-12-22(27)30-21-13-14-23-29(33(41)36(42)32(23)40)25(21)16-26-31(39)24(18-7-3-1-4-8-18)17-28(38)34(26,30)19-9-5-2-6-10-19/h1-13,15,17,23,25-26,29-30,37,42H,14,16H2/t23-,25+,26-,29-,30+,34-/m0/s1. The Hall–Kier alpha value is -4.33. The zero-order chi connectivity index (χ0) is 29.3. The topological polar surface area (TPSA) is 112 Å². The summed E-state index contributed by atoms with van der Waals surface area (Å²) in [6.07, 6.45) is 3.66. The summed E-state index contributed by atoms with van der Waals surface area (Å²) >= 11 is 6.80. The summed E-state index contributed by atoms with van der Waals surface area (Å²) in [5, 5.41) is 21.0. The molecule has 3 aromatic carbocycles. The SMILES string of the molecule is O=C1C(c2ccccc2)=CC(=O)[C@@]2(c3ccccc3)[C@@H](c3ccc(O)cc3Cl)C3=CC[C@@H]4C(=O)N(O)C(=O)[C@@H]4[C@@H]3C[C@@H]12. The van der Waals surface area contributed by atoms with Gasteiger partial charge in [-0.25, -0.2) is 0 Å². The number of ketones is 2. The van der Waals surface area contributed by atoms with Gasteiger partial charge >= 0.3 is 0 Å². The molecule has 2 amide bonds. The minimum Gasteiger partial charge on any atom is -0.508 e. The van der Waals surface area contributed by atoms with E-state index in [0.717, 1.165) is 5.57 Å². The second kappa shape index (κ2) is 9.61. The summed E-state index contributed by atoms with van der Waals surface area (Å²) < 4.78 is 0. The van der Waals surface area contributed by atoms with Crippen LogP contribution in [0.2, 0.25) is 5.02 Å². The number of benzene rings is 3. The van der Waals surface area contributed by atoms with Crippen LogP contribution in [0.1, 0.15) is 35.4 Å². The first-order valence-electron chi connectivity index (χ1n) is 13.9. The molecule has 4 aliphatic rings. The average Bonchev–Trinajstić information content (AvgIpc) is 3.22. The number of nitrogens with zero attached hydrogens (tertiary/aromatic N) is 1. The van der Waals surface area contributed by atoms with Gasteiger partial charge in [0.05, 0.1) is 17.3 Å². The number of Topliss-reactive ketones (excluding diaryl/α,β-unsaturated/α-hetero) is 1. The summed E-state index contributed by atoms with van der Waals surface area (Å²) in [6, 6.07) is 22.7. The van der Waals surface area contributed by atoms with Crippen LogP contribution in [0.4, 0.5) is 0 Å². The molecule has 8 heteroatoms. The molecule has 1 aliphatic heterocycles. The minimum absolute atomic E-state index is 0.0519. The quantitative estimate of drug-likeness (QED) is 0.249. The molecule has 0 aromatic heterocycles. The lowest BCUT2D eigenvalue weighted by atomic mass is 9.44. The molecule has 2 fully saturated rings. The monoisotopic (exact) mass is 579 g/mol. The summed E-state index contributed by atoms with van der Waals surface area (Å²) in [7, 11) is 0. The first-order chi connectivity index (χ1) is 20.2. The molecule has 210 valence electrons. The van der Waals surface area contributed by atoms with Crippen molar-refractivity contribution in [1.29, 1.82) is 0 Å². The molecule has 1 saturated heterocycles. The molecule has 7 rings (SSSR count). The van der Waals surface area contributed by atoms with Crippen molar-refractivity contribution in [2.75, 3.05) is 0 Å². The highest BCUT2D eigenvalue weighted by atomic mass is 35.5. The van der Waals surface area contributed by atoms with Crippen LogP contribution in [0, 0.1) is 23.7 Å². The van der Waals surface area contributed by atoms with Crippen LogP contribution in [0.15, 0.2) is 96.6 Å². The van der Waals surface area contributed by atoms with Gasteiger partial charge in [-0.05, 0) is 53.7 Å². The highest BCUT2D eigenvalue weighted by Gasteiger charge is 2.66. The van der Waals surface area contributed by atoms with E-state index in [9.17, 15) is 29.5 Å². The third kappa shape index (κ3) is 3.56. The van der Waals surface area contributed by atoms with Gasteiger partial charge in [0.15, 0.2) is 11.6 Å². The second-order valence-electron chi connectivity index (χ2n) is 11.5. The Bertz CT molecular complexity index is 1730.